The highest BCUT2D eigenvalue weighted by Crippen LogP contribution is 2.14. The summed E-state index contributed by atoms with van der Waals surface area (Å²) in [5.74, 6) is 0.0272. The molecule has 0 radical (unpaired) electrons. The lowest BCUT2D eigenvalue weighted by Gasteiger charge is -2.06. The van der Waals surface area contributed by atoms with E-state index in [2.05, 4.69) is 26.2 Å². The Bertz CT molecular complexity index is 563. The summed E-state index contributed by atoms with van der Waals surface area (Å²) >= 11 is 3.32. The molecule has 0 spiro atoms. The molecular weight excluding hydrogens is 298 g/mol. The van der Waals surface area contributed by atoms with Crippen molar-refractivity contribution in [2.24, 2.45) is 0 Å². The lowest BCUT2D eigenvalue weighted by Crippen LogP contribution is -2.19. The fourth-order valence-corrected chi connectivity index (χ4v) is 1.73. The van der Waals surface area contributed by atoms with E-state index in [1.807, 2.05) is 12.1 Å². The van der Waals surface area contributed by atoms with Crippen molar-refractivity contribution < 1.29 is 9.59 Å². The van der Waals surface area contributed by atoms with E-state index in [1.165, 1.54) is 10.8 Å². The first-order valence-corrected chi connectivity index (χ1v) is 6.00. The molecule has 0 aliphatic heterocycles. The van der Waals surface area contributed by atoms with E-state index in [0.29, 0.717) is 12.0 Å². The predicted octanol–water partition coefficient (Wildman–Crippen LogP) is 2.10. The smallest absolute Gasteiger partial charge is 0.244 e. The molecule has 0 atom stereocenters. The molecule has 0 aliphatic rings. The number of benzene rings is 1. The largest absolute Gasteiger partial charge is 0.325 e. The second kappa shape index (κ2) is 5.59. The SMILES string of the molecule is O=Cc1nccn1CC(=O)Nc1ccc(Br)cc1. The van der Waals surface area contributed by atoms with Crippen LogP contribution in [-0.2, 0) is 11.3 Å². The normalized spacial score (nSPS) is 10.1. The van der Waals surface area contributed by atoms with Crippen molar-refractivity contribution in [3.05, 3.63) is 47.0 Å². The maximum absolute atomic E-state index is 11.7. The Morgan fingerprint density at radius 2 is 2.11 bits per heavy atom. The van der Waals surface area contributed by atoms with Crippen molar-refractivity contribution in [1.29, 1.82) is 0 Å². The Morgan fingerprint density at radius 3 is 2.78 bits per heavy atom. The molecule has 0 saturated heterocycles. The van der Waals surface area contributed by atoms with Gasteiger partial charge >= 0.3 is 0 Å². The summed E-state index contributed by atoms with van der Waals surface area (Å²) in [4.78, 5) is 26.2. The minimum absolute atomic E-state index is 0.0597. The van der Waals surface area contributed by atoms with Gasteiger partial charge in [-0.3, -0.25) is 9.59 Å². The Balaban J connectivity index is 2.01. The Hall–Kier alpha value is -1.95. The van der Waals surface area contributed by atoms with Crippen molar-refractivity contribution in [1.82, 2.24) is 9.55 Å². The molecular formula is C12H10BrN3O2. The maximum Gasteiger partial charge on any atom is 0.244 e. The third kappa shape index (κ3) is 3.04. The summed E-state index contributed by atoms with van der Waals surface area (Å²) < 4.78 is 2.43. The number of halogens is 1. The van der Waals surface area contributed by atoms with Crippen LogP contribution in [0.4, 0.5) is 5.69 Å². The highest BCUT2D eigenvalue weighted by atomic mass is 79.9. The third-order valence-corrected chi connectivity index (χ3v) is 2.82. The standard InChI is InChI=1S/C12H10BrN3O2/c13-9-1-3-10(4-2-9)15-12(18)7-16-6-5-14-11(16)8-17/h1-6,8H,7H2,(H,15,18). The van der Waals surface area contributed by atoms with Crippen LogP contribution in [0.3, 0.4) is 0 Å². The van der Waals surface area contributed by atoms with E-state index >= 15 is 0 Å². The Kier molecular flexibility index (Phi) is 3.88. The zero-order valence-electron chi connectivity index (χ0n) is 9.34. The zero-order valence-corrected chi connectivity index (χ0v) is 10.9. The Morgan fingerprint density at radius 1 is 1.39 bits per heavy atom. The van der Waals surface area contributed by atoms with E-state index in [-0.39, 0.29) is 18.3 Å². The number of hydrogen-bond donors (Lipinski definition) is 1. The summed E-state index contributed by atoms with van der Waals surface area (Å²) in [5, 5.41) is 2.73. The van der Waals surface area contributed by atoms with Crippen molar-refractivity contribution in [3.63, 3.8) is 0 Å². The summed E-state index contributed by atoms with van der Waals surface area (Å²) in [7, 11) is 0. The van der Waals surface area contributed by atoms with Crippen LogP contribution in [0.2, 0.25) is 0 Å². The van der Waals surface area contributed by atoms with Gasteiger partial charge in [-0.15, -0.1) is 0 Å². The van der Waals surface area contributed by atoms with Crippen LogP contribution >= 0.6 is 15.9 Å². The van der Waals surface area contributed by atoms with Crippen molar-refractivity contribution in [3.8, 4) is 0 Å². The number of aromatic nitrogens is 2. The first-order chi connectivity index (χ1) is 8.69. The summed E-state index contributed by atoms with van der Waals surface area (Å²) in [6, 6.07) is 7.25. The maximum atomic E-state index is 11.7. The van der Waals surface area contributed by atoms with Crippen LogP contribution in [-0.4, -0.2) is 21.7 Å². The first-order valence-electron chi connectivity index (χ1n) is 5.21. The number of amides is 1. The van der Waals surface area contributed by atoms with E-state index in [1.54, 1.807) is 18.3 Å². The monoisotopic (exact) mass is 307 g/mol. The highest BCUT2D eigenvalue weighted by Gasteiger charge is 2.07. The number of rotatable bonds is 4. The van der Waals surface area contributed by atoms with E-state index in [0.717, 1.165) is 4.47 Å². The number of anilines is 1. The van der Waals surface area contributed by atoms with Gasteiger partial charge in [0.15, 0.2) is 12.1 Å². The van der Waals surface area contributed by atoms with Gasteiger partial charge in [-0.2, -0.15) is 0 Å². The molecule has 5 nitrogen and oxygen atoms in total. The molecule has 0 aliphatic carbocycles. The number of carbonyl (C=O) groups is 2. The molecule has 2 aromatic rings. The highest BCUT2D eigenvalue weighted by molar-refractivity contribution is 9.10. The topological polar surface area (TPSA) is 64.0 Å². The summed E-state index contributed by atoms with van der Waals surface area (Å²) in [6.45, 7) is 0.0597. The average Bonchev–Trinajstić information content (AvgIpc) is 2.79. The van der Waals surface area contributed by atoms with Gasteiger partial charge in [0.25, 0.3) is 0 Å². The van der Waals surface area contributed by atoms with Crippen molar-refractivity contribution >= 4 is 33.8 Å². The van der Waals surface area contributed by atoms with Gasteiger partial charge in [-0.25, -0.2) is 4.98 Å². The van der Waals surface area contributed by atoms with Crippen LogP contribution in [0.1, 0.15) is 10.6 Å². The van der Waals surface area contributed by atoms with Gasteiger partial charge in [-0.05, 0) is 24.3 Å². The van der Waals surface area contributed by atoms with Gasteiger partial charge in [0.2, 0.25) is 5.91 Å². The number of hydrogen-bond acceptors (Lipinski definition) is 3. The molecule has 1 amide bonds. The Labute approximate surface area is 112 Å². The second-order valence-corrected chi connectivity index (χ2v) is 4.50. The number of nitrogens with zero attached hydrogens (tertiary/aromatic N) is 2. The first kappa shape index (κ1) is 12.5. The zero-order chi connectivity index (χ0) is 13.0. The van der Waals surface area contributed by atoms with E-state index in [4.69, 9.17) is 0 Å². The number of carbonyl (C=O) groups excluding carboxylic acids is 2. The summed E-state index contributed by atoms with van der Waals surface area (Å²) in [6.07, 6.45) is 3.69. The van der Waals surface area contributed by atoms with Crippen LogP contribution in [0.5, 0.6) is 0 Å². The van der Waals surface area contributed by atoms with Gasteiger partial charge in [-0.1, -0.05) is 15.9 Å². The predicted molar refractivity (Wildman–Crippen MR) is 70.4 cm³/mol. The van der Waals surface area contributed by atoms with E-state index in [9.17, 15) is 9.59 Å². The van der Waals surface area contributed by atoms with Crippen LogP contribution in [0.25, 0.3) is 0 Å². The van der Waals surface area contributed by atoms with Gasteiger partial charge in [0, 0.05) is 22.6 Å². The molecule has 1 aromatic carbocycles. The molecule has 1 aromatic heterocycles. The van der Waals surface area contributed by atoms with Crippen LogP contribution in [0.15, 0.2) is 41.1 Å². The third-order valence-electron chi connectivity index (χ3n) is 2.30. The quantitative estimate of drug-likeness (QED) is 0.880. The number of aldehydes is 1. The molecule has 2 rings (SSSR count). The molecule has 92 valence electrons. The molecule has 1 N–H and O–H groups in total. The molecule has 1 heterocycles. The van der Waals surface area contributed by atoms with Gasteiger partial charge < -0.3 is 9.88 Å². The minimum Gasteiger partial charge on any atom is -0.325 e. The van der Waals surface area contributed by atoms with Crippen LogP contribution in [0, 0.1) is 0 Å². The van der Waals surface area contributed by atoms with Gasteiger partial charge in [0.05, 0.1) is 0 Å². The lowest BCUT2D eigenvalue weighted by atomic mass is 10.3. The molecule has 0 unspecified atom stereocenters. The van der Waals surface area contributed by atoms with Crippen LogP contribution < -0.4 is 5.32 Å². The number of nitrogens with one attached hydrogen (secondary N) is 1. The second-order valence-electron chi connectivity index (χ2n) is 3.59. The average molecular weight is 308 g/mol. The summed E-state index contributed by atoms with van der Waals surface area (Å²) in [5.41, 5.74) is 0.705. The van der Waals surface area contributed by atoms with Crippen molar-refractivity contribution in [2.45, 2.75) is 6.54 Å². The van der Waals surface area contributed by atoms with E-state index < -0.39 is 0 Å². The molecule has 18 heavy (non-hydrogen) atoms. The molecule has 0 saturated carbocycles. The van der Waals surface area contributed by atoms with Gasteiger partial charge in [0.1, 0.15) is 6.54 Å². The molecule has 0 bridgehead atoms. The fourth-order valence-electron chi connectivity index (χ4n) is 1.46. The number of imidazole rings is 1. The minimum atomic E-state index is -0.210. The van der Waals surface area contributed by atoms with Crippen molar-refractivity contribution in [2.75, 3.05) is 5.32 Å². The fraction of sp³-hybridized carbons (Fsp3) is 0.0833. The molecule has 6 heteroatoms. The lowest BCUT2D eigenvalue weighted by molar-refractivity contribution is -0.116. The molecule has 0 fully saturated rings.